The molecular weight excluding hydrogens is 290 g/mol. The summed E-state index contributed by atoms with van der Waals surface area (Å²) < 4.78 is 0.918. The van der Waals surface area contributed by atoms with Gasteiger partial charge in [0, 0.05) is 18.9 Å². The van der Waals surface area contributed by atoms with Crippen molar-refractivity contribution in [2.45, 2.75) is 18.9 Å². The molecule has 0 N–H and O–H groups in total. The Labute approximate surface area is 115 Å². The van der Waals surface area contributed by atoms with Gasteiger partial charge in [-0.1, -0.05) is 30.3 Å². The number of aromatic nitrogens is 2. The maximum atomic E-state index is 4.40. The van der Waals surface area contributed by atoms with Crippen LogP contribution in [-0.2, 0) is 0 Å². The highest BCUT2D eigenvalue weighted by Gasteiger charge is 2.27. The Bertz CT molecular complexity index is 512. The average molecular weight is 304 g/mol. The molecule has 2 heterocycles. The first-order valence-electron chi connectivity index (χ1n) is 6.14. The molecule has 1 saturated heterocycles. The number of hydrogen-bond donors (Lipinski definition) is 0. The molecule has 1 atom stereocenters. The van der Waals surface area contributed by atoms with E-state index in [-0.39, 0.29) is 0 Å². The Morgan fingerprint density at radius 1 is 1.11 bits per heavy atom. The van der Waals surface area contributed by atoms with Gasteiger partial charge in [0.05, 0.1) is 10.5 Å². The van der Waals surface area contributed by atoms with E-state index in [1.54, 1.807) is 0 Å². The summed E-state index contributed by atoms with van der Waals surface area (Å²) in [7, 11) is 0. The predicted octanol–water partition coefficient (Wildman–Crippen LogP) is 3.58. The summed E-state index contributed by atoms with van der Waals surface area (Å²) in [4.78, 5) is 11.1. The standard InChI is InChI=1S/C14H14BrN3/c15-12-9-16-14(17-10-12)18-8-4-7-13(18)11-5-2-1-3-6-11/h1-3,5-6,9-10,13H,4,7-8H2. The molecule has 92 valence electrons. The summed E-state index contributed by atoms with van der Waals surface area (Å²) in [6, 6.07) is 11.0. The lowest BCUT2D eigenvalue weighted by Gasteiger charge is -2.24. The predicted molar refractivity (Wildman–Crippen MR) is 75.5 cm³/mol. The molecule has 1 fully saturated rings. The van der Waals surface area contributed by atoms with E-state index < -0.39 is 0 Å². The van der Waals surface area contributed by atoms with Crippen LogP contribution >= 0.6 is 15.9 Å². The monoisotopic (exact) mass is 303 g/mol. The molecule has 3 nitrogen and oxygen atoms in total. The molecule has 1 unspecified atom stereocenters. The van der Waals surface area contributed by atoms with E-state index in [2.05, 4.69) is 61.1 Å². The van der Waals surface area contributed by atoms with Crippen LogP contribution in [-0.4, -0.2) is 16.5 Å². The third kappa shape index (κ3) is 2.25. The van der Waals surface area contributed by atoms with Gasteiger partial charge in [-0.25, -0.2) is 9.97 Å². The first kappa shape index (κ1) is 11.7. The molecule has 0 aliphatic carbocycles. The maximum Gasteiger partial charge on any atom is 0.225 e. The average Bonchev–Trinajstić information content (AvgIpc) is 2.90. The van der Waals surface area contributed by atoms with E-state index in [0.717, 1.165) is 17.0 Å². The van der Waals surface area contributed by atoms with Gasteiger partial charge < -0.3 is 4.90 Å². The van der Waals surface area contributed by atoms with Crippen molar-refractivity contribution in [2.75, 3.05) is 11.4 Å². The van der Waals surface area contributed by atoms with Crippen LogP contribution in [0, 0.1) is 0 Å². The second-order valence-corrected chi connectivity index (χ2v) is 5.38. The smallest absolute Gasteiger partial charge is 0.225 e. The van der Waals surface area contributed by atoms with E-state index >= 15 is 0 Å². The second-order valence-electron chi connectivity index (χ2n) is 4.46. The van der Waals surface area contributed by atoms with Crippen molar-refractivity contribution >= 4 is 21.9 Å². The molecule has 0 bridgehead atoms. The fourth-order valence-corrected chi connectivity index (χ4v) is 2.69. The molecule has 1 aliphatic heterocycles. The van der Waals surface area contributed by atoms with Crippen LogP contribution in [0.15, 0.2) is 47.2 Å². The van der Waals surface area contributed by atoms with Gasteiger partial charge in [0.25, 0.3) is 0 Å². The molecule has 0 radical (unpaired) electrons. The highest BCUT2D eigenvalue weighted by Crippen LogP contribution is 2.34. The molecule has 2 aromatic rings. The fraction of sp³-hybridized carbons (Fsp3) is 0.286. The maximum absolute atomic E-state index is 4.40. The SMILES string of the molecule is Brc1cnc(N2CCCC2c2ccccc2)nc1. The van der Waals surface area contributed by atoms with E-state index in [4.69, 9.17) is 0 Å². The fourth-order valence-electron chi connectivity index (χ4n) is 2.48. The van der Waals surface area contributed by atoms with Gasteiger partial charge >= 0.3 is 0 Å². The van der Waals surface area contributed by atoms with Crippen molar-refractivity contribution in [3.8, 4) is 0 Å². The van der Waals surface area contributed by atoms with Gasteiger partial charge in [-0.15, -0.1) is 0 Å². The zero-order valence-corrected chi connectivity index (χ0v) is 11.5. The second kappa shape index (κ2) is 5.06. The third-order valence-corrected chi connectivity index (χ3v) is 3.71. The summed E-state index contributed by atoms with van der Waals surface area (Å²) >= 11 is 3.37. The van der Waals surface area contributed by atoms with E-state index in [1.807, 2.05) is 12.4 Å². The Kier molecular flexibility index (Phi) is 3.28. The highest BCUT2D eigenvalue weighted by atomic mass is 79.9. The summed E-state index contributed by atoms with van der Waals surface area (Å²) in [5.74, 6) is 0.824. The number of hydrogen-bond acceptors (Lipinski definition) is 3. The van der Waals surface area contributed by atoms with Crippen LogP contribution in [0.5, 0.6) is 0 Å². The first-order chi connectivity index (χ1) is 8.84. The van der Waals surface area contributed by atoms with Crippen LogP contribution in [0.3, 0.4) is 0 Å². The Morgan fingerprint density at radius 3 is 2.56 bits per heavy atom. The first-order valence-corrected chi connectivity index (χ1v) is 6.93. The lowest BCUT2D eigenvalue weighted by Crippen LogP contribution is -2.24. The molecule has 1 aromatic heterocycles. The quantitative estimate of drug-likeness (QED) is 0.849. The number of benzene rings is 1. The molecule has 18 heavy (non-hydrogen) atoms. The van der Waals surface area contributed by atoms with Crippen LogP contribution in [0.2, 0.25) is 0 Å². The minimum atomic E-state index is 0.410. The van der Waals surface area contributed by atoms with Gasteiger partial charge in [-0.3, -0.25) is 0 Å². The Morgan fingerprint density at radius 2 is 1.83 bits per heavy atom. The highest BCUT2D eigenvalue weighted by molar-refractivity contribution is 9.10. The summed E-state index contributed by atoms with van der Waals surface area (Å²) in [6.07, 6.45) is 5.98. The number of halogens is 1. The van der Waals surface area contributed by atoms with Crippen molar-refractivity contribution in [3.05, 3.63) is 52.8 Å². The van der Waals surface area contributed by atoms with E-state index in [0.29, 0.717) is 6.04 Å². The summed E-state index contributed by atoms with van der Waals surface area (Å²) in [6.45, 7) is 1.03. The minimum Gasteiger partial charge on any atom is -0.334 e. The third-order valence-electron chi connectivity index (χ3n) is 3.30. The van der Waals surface area contributed by atoms with Crippen molar-refractivity contribution in [1.82, 2.24) is 9.97 Å². The lowest BCUT2D eigenvalue weighted by atomic mass is 10.1. The van der Waals surface area contributed by atoms with Crippen LogP contribution < -0.4 is 4.90 Å². The molecule has 3 rings (SSSR count). The molecule has 4 heteroatoms. The van der Waals surface area contributed by atoms with Crippen molar-refractivity contribution in [1.29, 1.82) is 0 Å². The van der Waals surface area contributed by atoms with Gasteiger partial charge in [0.15, 0.2) is 0 Å². The van der Waals surface area contributed by atoms with Crippen LogP contribution in [0.1, 0.15) is 24.4 Å². The zero-order chi connectivity index (χ0) is 12.4. The number of rotatable bonds is 2. The van der Waals surface area contributed by atoms with E-state index in [1.165, 1.54) is 18.4 Å². The minimum absolute atomic E-state index is 0.410. The van der Waals surface area contributed by atoms with Gasteiger partial charge in [0.1, 0.15) is 0 Å². The number of nitrogens with zero attached hydrogens (tertiary/aromatic N) is 3. The number of anilines is 1. The Hall–Kier alpha value is -1.42. The summed E-state index contributed by atoms with van der Waals surface area (Å²) in [5, 5.41) is 0. The van der Waals surface area contributed by atoms with Gasteiger partial charge in [0.2, 0.25) is 5.95 Å². The molecular formula is C14H14BrN3. The molecule has 1 aromatic carbocycles. The molecule has 0 saturated carbocycles. The largest absolute Gasteiger partial charge is 0.334 e. The molecule has 0 spiro atoms. The Balaban J connectivity index is 1.90. The van der Waals surface area contributed by atoms with E-state index in [9.17, 15) is 0 Å². The normalized spacial score (nSPS) is 19.2. The van der Waals surface area contributed by atoms with Gasteiger partial charge in [-0.05, 0) is 34.3 Å². The topological polar surface area (TPSA) is 29.0 Å². The lowest BCUT2D eigenvalue weighted by molar-refractivity contribution is 0.701. The molecule has 0 amide bonds. The molecule has 1 aliphatic rings. The van der Waals surface area contributed by atoms with Crippen molar-refractivity contribution in [3.63, 3.8) is 0 Å². The van der Waals surface area contributed by atoms with Crippen molar-refractivity contribution < 1.29 is 0 Å². The zero-order valence-electron chi connectivity index (χ0n) is 9.96. The van der Waals surface area contributed by atoms with Crippen LogP contribution in [0.25, 0.3) is 0 Å². The van der Waals surface area contributed by atoms with Crippen LogP contribution in [0.4, 0.5) is 5.95 Å². The van der Waals surface area contributed by atoms with Crippen molar-refractivity contribution in [2.24, 2.45) is 0 Å². The van der Waals surface area contributed by atoms with Gasteiger partial charge in [-0.2, -0.15) is 0 Å². The summed E-state index contributed by atoms with van der Waals surface area (Å²) in [5.41, 5.74) is 1.35.